The van der Waals surface area contributed by atoms with Gasteiger partial charge in [-0.3, -0.25) is 9.59 Å². The number of allylic oxidation sites excluding steroid dienone is 2. The quantitative estimate of drug-likeness (QED) is 0.733. The molecule has 116 valence electrons. The Morgan fingerprint density at radius 3 is 2.38 bits per heavy atom. The van der Waals surface area contributed by atoms with E-state index >= 15 is 0 Å². The van der Waals surface area contributed by atoms with Crippen LogP contribution in [0.15, 0.2) is 12.2 Å². The van der Waals surface area contributed by atoms with Crippen LogP contribution in [0.2, 0.25) is 0 Å². The van der Waals surface area contributed by atoms with Crippen LogP contribution in [0.3, 0.4) is 0 Å². The molecular formula is C14H19NO5S. The van der Waals surface area contributed by atoms with Crippen molar-refractivity contribution in [3.8, 4) is 0 Å². The second-order valence-electron chi connectivity index (χ2n) is 6.33. The molecule has 0 radical (unpaired) electrons. The lowest BCUT2D eigenvalue weighted by molar-refractivity contribution is -0.151. The summed E-state index contributed by atoms with van der Waals surface area (Å²) in [5.41, 5.74) is 0. The number of hydrogen-bond donors (Lipinski definition) is 1. The second-order valence-corrected chi connectivity index (χ2v) is 8.56. The Bertz CT molecular complexity index is 611. The van der Waals surface area contributed by atoms with Gasteiger partial charge in [0.1, 0.15) is 0 Å². The predicted molar refractivity (Wildman–Crippen MR) is 75.2 cm³/mol. The van der Waals surface area contributed by atoms with Crippen molar-refractivity contribution in [1.82, 2.24) is 4.90 Å². The summed E-state index contributed by atoms with van der Waals surface area (Å²) in [6, 6.07) is -0.381. The first kappa shape index (κ1) is 14.6. The Labute approximate surface area is 123 Å². The summed E-state index contributed by atoms with van der Waals surface area (Å²) in [4.78, 5) is 25.8. The van der Waals surface area contributed by atoms with Crippen molar-refractivity contribution < 1.29 is 23.1 Å². The summed E-state index contributed by atoms with van der Waals surface area (Å²) in [5, 5.41) is 9.40. The lowest BCUT2D eigenvalue weighted by atomic mass is 9.82. The van der Waals surface area contributed by atoms with Gasteiger partial charge in [0.25, 0.3) is 0 Å². The third-order valence-corrected chi connectivity index (χ3v) is 6.78. The van der Waals surface area contributed by atoms with Crippen molar-refractivity contribution in [1.29, 1.82) is 0 Å². The van der Waals surface area contributed by atoms with Crippen LogP contribution in [-0.4, -0.2) is 54.4 Å². The van der Waals surface area contributed by atoms with Crippen LogP contribution < -0.4 is 0 Å². The Morgan fingerprint density at radius 2 is 1.81 bits per heavy atom. The van der Waals surface area contributed by atoms with Gasteiger partial charge in [-0.05, 0) is 25.2 Å². The number of nitrogens with zero attached hydrogens (tertiary/aromatic N) is 1. The van der Waals surface area contributed by atoms with Crippen LogP contribution in [0.25, 0.3) is 0 Å². The largest absolute Gasteiger partial charge is 0.481 e. The van der Waals surface area contributed by atoms with Crippen molar-refractivity contribution in [3.63, 3.8) is 0 Å². The second kappa shape index (κ2) is 4.83. The third-order valence-electron chi connectivity index (χ3n) is 4.98. The van der Waals surface area contributed by atoms with Gasteiger partial charge in [-0.1, -0.05) is 12.2 Å². The molecule has 1 amide bonds. The molecular weight excluding hydrogens is 294 g/mol. The van der Waals surface area contributed by atoms with Gasteiger partial charge < -0.3 is 10.0 Å². The summed E-state index contributed by atoms with van der Waals surface area (Å²) in [5.74, 6) is -2.48. The van der Waals surface area contributed by atoms with E-state index in [2.05, 4.69) is 0 Å². The molecule has 3 unspecified atom stereocenters. The molecule has 2 aliphatic carbocycles. The van der Waals surface area contributed by atoms with Crippen LogP contribution in [0.1, 0.15) is 13.3 Å². The lowest BCUT2D eigenvalue weighted by Gasteiger charge is -2.37. The third kappa shape index (κ3) is 2.37. The Kier molecular flexibility index (Phi) is 3.35. The van der Waals surface area contributed by atoms with Gasteiger partial charge in [-0.25, -0.2) is 8.42 Å². The molecule has 1 aliphatic heterocycles. The minimum absolute atomic E-state index is 0.0191. The van der Waals surface area contributed by atoms with Crippen LogP contribution in [0, 0.1) is 23.7 Å². The lowest BCUT2D eigenvalue weighted by Crippen LogP contribution is -2.53. The zero-order valence-electron chi connectivity index (χ0n) is 11.8. The number of amides is 1. The zero-order valence-corrected chi connectivity index (χ0v) is 12.6. The molecule has 1 heterocycles. The van der Waals surface area contributed by atoms with E-state index in [1.54, 1.807) is 11.8 Å². The standard InChI is InChI=1S/C14H19NO5S/c1-8-7-21(19,20)5-4-15(8)13(16)11-9-2-3-10(6-9)12(11)14(17)18/h2-3,8-12H,4-7H2,1H3,(H,17,18)/t8?,9?,10?,11-,12+/m0/s1. The van der Waals surface area contributed by atoms with Gasteiger partial charge in [0.15, 0.2) is 9.84 Å². The summed E-state index contributed by atoms with van der Waals surface area (Å²) < 4.78 is 23.2. The minimum Gasteiger partial charge on any atom is -0.481 e. The fourth-order valence-electron chi connectivity index (χ4n) is 4.01. The van der Waals surface area contributed by atoms with E-state index in [0.29, 0.717) is 6.42 Å². The Balaban J connectivity index is 1.82. The molecule has 21 heavy (non-hydrogen) atoms. The SMILES string of the molecule is CC1CS(=O)(=O)CCN1C(=O)[C@H]1C2C=CC(C2)[C@H]1C(=O)O. The van der Waals surface area contributed by atoms with Crippen LogP contribution in [0.4, 0.5) is 0 Å². The molecule has 6 nitrogen and oxygen atoms in total. The Hall–Kier alpha value is -1.37. The van der Waals surface area contributed by atoms with Gasteiger partial charge in [0, 0.05) is 12.6 Å². The van der Waals surface area contributed by atoms with E-state index in [1.807, 2.05) is 12.2 Å². The average molecular weight is 313 g/mol. The highest BCUT2D eigenvalue weighted by molar-refractivity contribution is 7.91. The maximum atomic E-state index is 12.8. The number of carboxylic acid groups (broad SMARTS) is 1. The molecule has 0 aromatic heterocycles. The van der Waals surface area contributed by atoms with Gasteiger partial charge in [-0.15, -0.1) is 0 Å². The Morgan fingerprint density at radius 1 is 1.19 bits per heavy atom. The maximum absolute atomic E-state index is 12.8. The number of rotatable bonds is 2. The average Bonchev–Trinajstić information content (AvgIpc) is 2.96. The fraction of sp³-hybridized carbons (Fsp3) is 0.714. The number of aliphatic carboxylic acids is 1. The first-order chi connectivity index (χ1) is 9.80. The van der Waals surface area contributed by atoms with E-state index < -0.39 is 27.6 Å². The van der Waals surface area contributed by atoms with Crippen LogP contribution in [-0.2, 0) is 19.4 Å². The molecule has 2 fully saturated rings. The molecule has 0 aromatic rings. The first-order valence-corrected chi connectivity index (χ1v) is 9.04. The van der Waals surface area contributed by atoms with Gasteiger partial charge in [0.2, 0.25) is 5.91 Å². The molecule has 2 bridgehead atoms. The number of hydrogen-bond acceptors (Lipinski definition) is 4. The van der Waals surface area contributed by atoms with Gasteiger partial charge >= 0.3 is 5.97 Å². The number of sulfone groups is 1. The minimum atomic E-state index is -3.09. The highest BCUT2D eigenvalue weighted by Gasteiger charge is 2.53. The van der Waals surface area contributed by atoms with Gasteiger partial charge in [0.05, 0.1) is 23.3 Å². The van der Waals surface area contributed by atoms with E-state index in [-0.39, 0.29) is 41.8 Å². The van der Waals surface area contributed by atoms with Crippen molar-refractivity contribution >= 4 is 21.7 Å². The number of fused-ring (bicyclic) bond motifs is 2. The topological polar surface area (TPSA) is 91.8 Å². The summed E-state index contributed by atoms with van der Waals surface area (Å²) >= 11 is 0. The van der Waals surface area contributed by atoms with Crippen LogP contribution >= 0.6 is 0 Å². The number of carbonyl (C=O) groups is 2. The molecule has 0 spiro atoms. The molecule has 1 saturated carbocycles. The molecule has 7 heteroatoms. The van der Waals surface area contributed by atoms with E-state index in [0.717, 1.165) is 0 Å². The zero-order chi connectivity index (χ0) is 15.4. The number of carboxylic acids is 1. The summed E-state index contributed by atoms with van der Waals surface area (Å²) in [7, 11) is -3.09. The van der Waals surface area contributed by atoms with E-state index in [4.69, 9.17) is 0 Å². The summed E-state index contributed by atoms with van der Waals surface area (Å²) in [6.07, 6.45) is 4.56. The maximum Gasteiger partial charge on any atom is 0.307 e. The highest BCUT2D eigenvalue weighted by atomic mass is 32.2. The molecule has 5 atom stereocenters. The molecule has 0 aromatic carbocycles. The van der Waals surface area contributed by atoms with Crippen molar-refractivity contribution in [3.05, 3.63) is 12.2 Å². The molecule has 3 aliphatic rings. The predicted octanol–water partition coefficient (Wildman–Crippen LogP) is 0.155. The van der Waals surface area contributed by atoms with Crippen molar-refractivity contribution in [2.24, 2.45) is 23.7 Å². The van der Waals surface area contributed by atoms with Crippen molar-refractivity contribution in [2.75, 3.05) is 18.1 Å². The number of carbonyl (C=O) groups excluding carboxylic acids is 1. The molecule has 1 N–H and O–H groups in total. The fourth-order valence-corrected chi connectivity index (χ4v) is 5.57. The van der Waals surface area contributed by atoms with Crippen LogP contribution in [0.5, 0.6) is 0 Å². The van der Waals surface area contributed by atoms with E-state index in [9.17, 15) is 23.1 Å². The highest BCUT2D eigenvalue weighted by Crippen LogP contribution is 2.49. The van der Waals surface area contributed by atoms with Crippen molar-refractivity contribution in [2.45, 2.75) is 19.4 Å². The normalized spacial score (nSPS) is 40.4. The van der Waals surface area contributed by atoms with E-state index in [1.165, 1.54) is 0 Å². The first-order valence-electron chi connectivity index (χ1n) is 7.22. The van der Waals surface area contributed by atoms with Gasteiger partial charge in [-0.2, -0.15) is 0 Å². The smallest absolute Gasteiger partial charge is 0.307 e. The molecule has 3 rings (SSSR count). The summed E-state index contributed by atoms with van der Waals surface area (Å²) in [6.45, 7) is 1.89. The monoisotopic (exact) mass is 313 g/mol. The molecule has 1 saturated heterocycles.